The third-order valence-corrected chi connectivity index (χ3v) is 6.84. The van der Waals surface area contributed by atoms with Crippen LogP contribution < -0.4 is 0 Å². The van der Waals surface area contributed by atoms with Crippen LogP contribution in [0.25, 0.3) is 0 Å². The molecule has 0 spiro atoms. The van der Waals surface area contributed by atoms with Gasteiger partial charge < -0.3 is 0 Å². The van der Waals surface area contributed by atoms with E-state index < -0.39 is 10.0 Å². The molecule has 1 saturated heterocycles. The Bertz CT molecular complexity index is 582. The monoisotopic (exact) mass is 349 g/mol. The number of nitrogens with zero attached hydrogens (tertiary/aromatic N) is 3. The Balaban J connectivity index is 2.49. The number of alkyl halides is 1. The van der Waals surface area contributed by atoms with Crippen LogP contribution in [0.2, 0.25) is 0 Å². The predicted octanol–water partition coefficient (Wildman–Crippen LogP) is 1.83. The molecule has 1 aromatic heterocycles. The molecule has 0 N–H and O–H groups in total. The van der Waals surface area contributed by atoms with Crippen LogP contribution in [-0.4, -0.2) is 40.4 Å². The number of aromatic nitrogens is 2. The SMILES string of the molecule is Cc1nn(C)c(C)c1S(=O)(=O)N1CCC(C)C1CBr. The maximum Gasteiger partial charge on any atom is 0.247 e. The normalized spacial score (nSPS) is 25.1. The Labute approximate surface area is 123 Å². The molecule has 2 rings (SSSR count). The molecule has 0 aromatic carbocycles. The van der Waals surface area contributed by atoms with Gasteiger partial charge in [0.05, 0.1) is 11.4 Å². The lowest BCUT2D eigenvalue weighted by Gasteiger charge is -2.24. The topological polar surface area (TPSA) is 55.2 Å². The molecule has 2 heterocycles. The van der Waals surface area contributed by atoms with Crippen LogP contribution in [0.15, 0.2) is 4.90 Å². The molecule has 19 heavy (non-hydrogen) atoms. The molecule has 2 unspecified atom stereocenters. The Morgan fingerprint density at radius 2 is 2.05 bits per heavy atom. The summed E-state index contributed by atoms with van der Waals surface area (Å²) in [5, 5.41) is 4.89. The highest BCUT2D eigenvalue weighted by Gasteiger charge is 2.40. The summed E-state index contributed by atoms with van der Waals surface area (Å²) in [5.41, 5.74) is 1.28. The Morgan fingerprint density at radius 3 is 2.53 bits per heavy atom. The van der Waals surface area contributed by atoms with Gasteiger partial charge in [0.15, 0.2) is 0 Å². The van der Waals surface area contributed by atoms with Crippen molar-refractivity contribution >= 4 is 26.0 Å². The van der Waals surface area contributed by atoms with E-state index >= 15 is 0 Å². The number of sulfonamides is 1. The zero-order valence-corrected chi connectivity index (χ0v) is 14.1. The lowest BCUT2D eigenvalue weighted by atomic mass is 10.1. The first-order chi connectivity index (χ1) is 8.80. The number of hydrogen-bond donors (Lipinski definition) is 0. The lowest BCUT2D eigenvalue weighted by Crippen LogP contribution is -2.38. The first kappa shape index (κ1) is 15.0. The molecule has 0 saturated carbocycles. The van der Waals surface area contributed by atoms with Crippen LogP contribution in [0.5, 0.6) is 0 Å². The summed E-state index contributed by atoms with van der Waals surface area (Å²) in [4.78, 5) is 0.370. The first-order valence-corrected chi connectivity index (χ1v) is 8.94. The van der Waals surface area contributed by atoms with Gasteiger partial charge in [0.25, 0.3) is 0 Å². The minimum absolute atomic E-state index is 0.0315. The molecule has 0 aliphatic carbocycles. The maximum absolute atomic E-state index is 12.9. The largest absolute Gasteiger partial charge is 0.271 e. The quantitative estimate of drug-likeness (QED) is 0.782. The maximum atomic E-state index is 12.9. The van der Waals surface area contributed by atoms with Crippen LogP contribution in [0, 0.1) is 19.8 Å². The third kappa shape index (κ3) is 2.36. The van der Waals surface area contributed by atoms with Crippen molar-refractivity contribution in [2.75, 3.05) is 11.9 Å². The van der Waals surface area contributed by atoms with Crippen LogP contribution in [0.1, 0.15) is 24.7 Å². The van der Waals surface area contributed by atoms with Crippen molar-refractivity contribution in [3.8, 4) is 0 Å². The average molecular weight is 350 g/mol. The van der Waals surface area contributed by atoms with Gasteiger partial charge in [-0.3, -0.25) is 4.68 Å². The fourth-order valence-corrected chi connectivity index (χ4v) is 6.06. The van der Waals surface area contributed by atoms with Crippen molar-refractivity contribution < 1.29 is 8.42 Å². The zero-order valence-electron chi connectivity index (χ0n) is 11.7. The van der Waals surface area contributed by atoms with Gasteiger partial charge in [-0.2, -0.15) is 9.40 Å². The third-order valence-electron chi connectivity index (χ3n) is 4.00. The number of aryl methyl sites for hydroxylation is 2. The summed E-state index contributed by atoms with van der Waals surface area (Å²) in [5.74, 6) is 0.381. The van der Waals surface area contributed by atoms with E-state index in [9.17, 15) is 8.42 Å². The zero-order chi connectivity index (χ0) is 14.4. The summed E-state index contributed by atoms with van der Waals surface area (Å²) in [6.07, 6.45) is 0.911. The highest BCUT2D eigenvalue weighted by Crippen LogP contribution is 2.33. The molecule has 1 aliphatic heterocycles. The molecular formula is C12H20BrN3O2S. The van der Waals surface area contributed by atoms with Gasteiger partial charge in [0, 0.05) is 25.0 Å². The van der Waals surface area contributed by atoms with Gasteiger partial charge in [0.2, 0.25) is 10.0 Å². The van der Waals surface area contributed by atoms with Crippen LogP contribution in [0.3, 0.4) is 0 Å². The molecule has 1 fully saturated rings. The molecule has 2 atom stereocenters. The van der Waals surface area contributed by atoms with Crippen LogP contribution >= 0.6 is 15.9 Å². The molecule has 108 valence electrons. The van der Waals surface area contributed by atoms with E-state index in [0.717, 1.165) is 6.42 Å². The van der Waals surface area contributed by atoms with E-state index in [4.69, 9.17) is 0 Å². The van der Waals surface area contributed by atoms with Crippen molar-refractivity contribution in [1.29, 1.82) is 0 Å². The number of rotatable bonds is 3. The van der Waals surface area contributed by atoms with Gasteiger partial charge in [-0.25, -0.2) is 8.42 Å². The van der Waals surface area contributed by atoms with Crippen molar-refractivity contribution in [1.82, 2.24) is 14.1 Å². The van der Waals surface area contributed by atoms with Crippen LogP contribution in [0.4, 0.5) is 0 Å². The van der Waals surface area contributed by atoms with E-state index in [1.165, 1.54) is 0 Å². The van der Waals surface area contributed by atoms with Gasteiger partial charge in [-0.15, -0.1) is 0 Å². The summed E-state index contributed by atoms with van der Waals surface area (Å²) in [6, 6.07) is 0.0315. The predicted molar refractivity (Wildman–Crippen MR) is 77.9 cm³/mol. The van der Waals surface area contributed by atoms with Gasteiger partial charge >= 0.3 is 0 Å². The summed E-state index contributed by atoms with van der Waals surface area (Å²) in [7, 11) is -1.68. The summed E-state index contributed by atoms with van der Waals surface area (Å²) >= 11 is 3.44. The summed E-state index contributed by atoms with van der Waals surface area (Å²) < 4.78 is 29.0. The smallest absolute Gasteiger partial charge is 0.247 e. The molecule has 1 aliphatic rings. The van der Waals surface area contributed by atoms with Gasteiger partial charge in [-0.05, 0) is 26.2 Å². The fourth-order valence-electron chi connectivity index (χ4n) is 2.75. The molecule has 7 heteroatoms. The van der Waals surface area contributed by atoms with Crippen LogP contribution in [-0.2, 0) is 17.1 Å². The van der Waals surface area contributed by atoms with E-state index in [2.05, 4.69) is 28.0 Å². The number of halogens is 1. The first-order valence-electron chi connectivity index (χ1n) is 6.38. The lowest BCUT2D eigenvalue weighted by molar-refractivity contribution is 0.378. The molecule has 0 bridgehead atoms. The van der Waals surface area contributed by atoms with Crippen molar-refractivity contribution in [3.63, 3.8) is 0 Å². The minimum atomic E-state index is -3.45. The molecule has 0 radical (unpaired) electrons. The highest BCUT2D eigenvalue weighted by atomic mass is 79.9. The molecule has 0 amide bonds. The van der Waals surface area contributed by atoms with Gasteiger partial charge in [0.1, 0.15) is 4.90 Å². The Morgan fingerprint density at radius 1 is 1.42 bits per heavy atom. The van der Waals surface area contributed by atoms with E-state index in [0.29, 0.717) is 34.1 Å². The second-order valence-corrected chi connectivity index (χ2v) is 7.70. The van der Waals surface area contributed by atoms with E-state index in [1.807, 2.05) is 0 Å². The Kier molecular flexibility index (Phi) is 4.09. The average Bonchev–Trinajstić information content (AvgIpc) is 2.81. The Hall–Kier alpha value is -0.400. The van der Waals surface area contributed by atoms with Crippen molar-refractivity contribution in [2.45, 2.75) is 38.1 Å². The standard InChI is InChI=1S/C12H20BrN3O2S/c1-8-5-6-16(11(8)7-13)19(17,18)12-9(2)14-15(4)10(12)3/h8,11H,5-7H2,1-4H3. The van der Waals surface area contributed by atoms with E-state index in [-0.39, 0.29) is 6.04 Å². The van der Waals surface area contributed by atoms with Crippen molar-refractivity contribution in [3.05, 3.63) is 11.4 Å². The number of hydrogen-bond acceptors (Lipinski definition) is 3. The second-order valence-electron chi connectivity index (χ2n) is 5.23. The highest BCUT2D eigenvalue weighted by molar-refractivity contribution is 9.09. The molecule has 1 aromatic rings. The van der Waals surface area contributed by atoms with E-state index in [1.54, 1.807) is 29.9 Å². The molecule has 5 nitrogen and oxygen atoms in total. The minimum Gasteiger partial charge on any atom is -0.271 e. The van der Waals surface area contributed by atoms with Crippen molar-refractivity contribution in [2.24, 2.45) is 13.0 Å². The second kappa shape index (κ2) is 5.18. The van der Waals surface area contributed by atoms with Gasteiger partial charge in [-0.1, -0.05) is 22.9 Å². The fraction of sp³-hybridized carbons (Fsp3) is 0.750. The summed E-state index contributed by atoms with van der Waals surface area (Å²) in [6.45, 7) is 6.25. The molecular weight excluding hydrogens is 330 g/mol.